The first-order valence-electron chi connectivity index (χ1n) is 7.28. The number of halogens is 2. The molecule has 2 N–H and O–H groups in total. The third-order valence-corrected chi connectivity index (χ3v) is 4.68. The number of benzene rings is 2. The molecule has 0 atom stereocenters. The number of aryl methyl sites for hydroxylation is 1. The van der Waals surface area contributed by atoms with Crippen LogP contribution in [0.4, 0.5) is 10.5 Å². The van der Waals surface area contributed by atoms with Crippen molar-refractivity contribution in [3.63, 3.8) is 0 Å². The molecule has 0 fully saturated rings. The molecule has 0 heterocycles. The Bertz CT molecular complexity index is 740. The second-order valence-electron chi connectivity index (χ2n) is 4.89. The highest BCUT2D eigenvalue weighted by molar-refractivity contribution is 14.1. The fourth-order valence-electron chi connectivity index (χ4n) is 1.97. The van der Waals surface area contributed by atoms with E-state index in [-0.39, 0.29) is 6.03 Å². The van der Waals surface area contributed by atoms with E-state index in [2.05, 4.69) is 61.0 Å². The van der Waals surface area contributed by atoms with Gasteiger partial charge in [0.2, 0.25) is 0 Å². The predicted molar refractivity (Wildman–Crippen MR) is 114 cm³/mol. The van der Waals surface area contributed by atoms with E-state index >= 15 is 0 Å². The topological polar surface area (TPSA) is 62.7 Å². The molecule has 0 aromatic heterocycles. The minimum Gasteiger partial charge on any atom is -0.492 e. The van der Waals surface area contributed by atoms with Crippen LogP contribution in [-0.4, -0.2) is 18.9 Å². The molecule has 0 radical (unpaired) electrons. The maximum Gasteiger partial charge on any atom is 0.339 e. The number of nitrogens with one attached hydrogen (secondary N) is 2. The number of ether oxygens (including phenoxy) is 1. The van der Waals surface area contributed by atoms with Crippen molar-refractivity contribution >= 4 is 63.1 Å². The summed E-state index contributed by atoms with van der Waals surface area (Å²) < 4.78 is 7.62. The van der Waals surface area contributed by atoms with Gasteiger partial charge in [0.15, 0.2) is 0 Å². The number of rotatable bonds is 5. The van der Waals surface area contributed by atoms with Gasteiger partial charge in [-0.2, -0.15) is 5.10 Å². The number of urea groups is 1. The lowest BCUT2D eigenvalue weighted by Gasteiger charge is -2.09. The third-order valence-electron chi connectivity index (χ3n) is 3.08. The van der Waals surface area contributed by atoms with Gasteiger partial charge in [-0.15, -0.1) is 0 Å². The number of anilines is 1. The number of amides is 2. The first kappa shape index (κ1) is 19.0. The number of hydrazone groups is 1. The zero-order chi connectivity index (χ0) is 17.5. The average Bonchev–Trinajstić information content (AvgIpc) is 2.53. The van der Waals surface area contributed by atoms with Crippen molar-refractivity contribution in [3.05, 3.63) is 54.7 Å². The molecule has 0 aliphatic rings. The fourth-order valence-corrected chi connectivity index (χ4v) is 4.09. The van der Waals surface area contributed by atoms with Crippen LogP contribution in [0.15, 0.2) is 41.5 Å². The Morgan fingerprint density at radius 1 is 1.25 bits per heavy atom. The molecule has 2 aromatic carbocycles. The van der Waals surface area contributed by atoms with Crippen LogP contribution in [0, 0.1) is 14.1 Å². The van der Waals surface area contributed by atoms with Crippen molar-refractivity contribution in [2.24, 2.45) is 5.10 Å². The van der Waals surface area contributed by atoms with E-state index in [0.29, 0.717) is 6.61 Å². The lowest BCUT2D eigenvalue weighted by Crippen LogP contribution is -2.24. The summed E-state index contributed by atoms with van der Waals surface area (Å²) in [6.45, 7) is 4.52. The van der Waals surface area contributed by atoms with Crippen molar-refractivity contribution in [3.8, 4) is 5.75 Å². The van der Waals surface area contributed by atoms with Gasteiger partial charge in [0.1, 0.15) is 5.75 Å². The SMILES string of the molecule is CCOc1c(I)cc(C=NNC(=O)Nc2ccccc2C)cc1I. The first-order chi connectivity index (χ1) is 11.5. The van der Waals surface area contributed by atoms with E-state index in [0.717, 1.165) is 29.7 Å². The number of carbonyl (C=O) groups excluding carboxylic acids is 1. The molecule has 24 heavy (non-hydrogen) atoms. The summed E-state index contributed by atoms with van der Waals surface area (Å²) in [5, 5.41) is 6.75. The van der Waals surface area contributed by atoms with Crippen molar-refractivity contribution in [1.82, 2.24) is 5.43 Å². The molecular weight excluding hydrogens is 532 g/mol. The molecule has 0 unspecified atom stereocenters. The van der Waals surface area contributed by atoms with E-state index in [1.54, 1.807) is 6.21 Å². The van der Waals surface area contributed by atoms with Gasteiger partial charge in [0, 0.05) is 5.69 Å². The van der Waals surface area contributed by atoms with E-state index in [4.69, 9.17) is 4.74 Å². The molecule has 2 aromatic rings. The highest BCUT2D eigenvalue weighted by atomic mass is 127. The number of hydrogen-bond acceptors (Lipinski definition) is 3. The smallest absolute Gasteiger partial charge is 0.339 e. The van der Waals surface area contributed by atoms with E-state index in [1.807, 2.05) is 50.2 Å². The Morgan fingerprint density at radius 2 is 1.92 bits per heavy atom. The molecule has 126 valence electrons. The van der Waals surface area contributed by atoms with Gasteiger partial charge >= 0.3 is 6.03 Å². The van der Waals surface area contributed by atoms with Gasteiger partial charge in [-0.1, -0.05) is 18.2 Å². The van der Waals surface area contributed by atoms with E-state index < -0.39 is 0 Å². The molecule has 0 saturated carbocycles. The Morgan fingerprint density at radius 3 is 2.54 bits per heavy atom. The van der Waals surface area contributed by atoms with Gasteiger partial charge in [-0.05, 0) is 88.4 Å². The molecule has 7 heteroatoms. The van der Waals surface area contributed by atoms with Gasteiger partial charge in [-0.25, -0.2) is 10.2 Å². The van der Waals surface area contributed by atoms with Gasteiger partial charge < -0.3 is 10.1 Å². The number of hydrogen-bond donors (Lipinski definition) is 2. The summed E-state index contributed by atoms with van der Waals surface area (Å²) in [4.78, 5) is 11.9. The van der Waals surface area contributed by atoms with Gasteiger partial charge in [0.05, 0.1) is 20.0 Å². The van der Waals surface area contributed by atoms with Crippen LogP contribution in [0.3, 0.4) is 0 Å². The van der Waals surface area contributed by atoms with Crippen molar-refractivity contribution < 1.29 is 9.53 Å². The van der Waals surface area contributed by atoms with Crippen LogP contribution < -0.4 is 15.5 Å². The molecule has 0 aliphatic carbocycles. The van der Waals surface area contributed by atoms with Crippen LogP contribution in [0.2, 0.25) is 0 Å². The lowest BCUT2D eigenvalue weighted by molar-refractivity contribution is 0.252. The van der Waals surface area contributed by atoms with Crippen LogP contribution in [-0.2, 0) is 0 Å². The summed E-state index contributed by atoms with van der Waals surface area (Å²) in [7, 11) is 0. The van der Waals surface area contributed by atoms with Crippen molar-refractivity contribution in [2.45, 2.75) is 13.8 Å². The molecule has 0 saturated heterocycles. The number of nitrogens with zero attached hydrogens (tertiary/aromatic N) is 1. The Labute approximate surface area is 168 Å². The molecule has 0 spiro atoms. The summed E-state index contributed by atoms with van der Waals surface area (Å²) in [5.41, 5.74) is 5.11. The monoisotopic (exact) mass is 549 g/mol. The highest BCUT2D eigenvalue weighted by Gasteiger charge is 2.07. The van der Waals surface area contributed by atoms with Gasteiger partial charge in [-0.3, -0.25) is 0 Å². The van der Waals surface area contributed by atoms with Crippen molar-refractivity contribution in [1.29, 1.82) is 0 Å². The van der Waals surface area contributed by atoms with Gasteiger partial charge in [0.25, 0.3) is 0 Å². The quantitative estimate of drug-likeness (QED) is 0.321. The zero-order valence-electron chi connectivity index (χ0n) is 13.3. The summed E-state index contributed by atoms with van der Waals surface area (Å²) in [6, 6.07) is 11.1. The first-order valence-corrected chi connectivity index (χ1v) is 9.44. The minimum atomic E-state index is -0.379. The molecule has 0 aliphatic heterocycles. The van der Waals surface area contributed by atoms with Crippen LogP contribution in [0.1, 0.15) is 18.1 Å². The largest absolute Gasteiger partial charge is 0.492 e. The average molecular weight is 549 g/mol. The molecule has 0 bridgehead atoms. The summed E-state index contributed by atoms with van der Waals surface area (Å²) in [5.74, 6) is 0.876. The van der Waals surface area contributed by atoms with Crippen LogP contribution in [0.5, 0.6) is 5.75 Å². The van der Waals surface area contributed by atoms with E-state index in [9.17, 15) is 4.79 Å². The normalized spacial score (nSPS) is 10.7. The second kappa shape index (κ2) is 9.21. The van der Waals surface area contributed by atoms with Crippen LogP contribution >= 0.6 is 45.2 Å². The third kappa shape index (κ3) is 5.33. The molecule has 5 nitrogen and oxygen atoms in total. The van der Waals surface area contributed by atoms with Crippen LogP contribution in [0.25, 0.3) is 0 Å². The molecular formula is C17H17I2N3O2. The van der Waals surface area contributed by atoms with E-state index in [1.165, 1.54) is 0 Å². The summed E-state index contributed by atoms with van der Waals surface area (Å²) >= 11 is 4.46. The number of para-hydroxylation sites is 1. The number of carbonyl (C=O) groups is 1. The second-order valence-corrected chi connectivity index (χ2v) is 7.21. The Kier molecular flexibility index (Phi) is 7.28. The standard InChI is InChI=1S/C17H17I2N3O2/c1-3-24-16-13(18)8-12(9-14(16)19)10-20-22-17(23)21-15-7-5-4-6-11(15)2/h4-10H,3H2,1-2H3,(H2,21,22,23). The maximum atomic E-state index is 11.9. The zero-order valence-corrected chi connectivity index (χ0v) is 17.6. The lowest BCUT2D eigenvalue weighted by atomic mass is 10.2. The predicted octanol–water partition coefficient (Wildman–Crippen LogP) is 4.76. The Balaban J connectivity index is 1.99. The van der Waals surface area contributed by atoms with Crippen molar-refractivity contribution in [2.75, 3.05) is 11.9 Å². The fraction of sp³-hybridized carbons (Fsp3) is 0.176. The molecule has 2 rings (SSSR count). The minimum absolute atomic E-state index is 0.379. The Hall–Kier alpha value is -1.36. The molecule has 2 amide bonds. The highest BCUT2D eigenvalue weighted by Crippen LogP contribution is 2.28. The summed E-state index contributed by atoms with van der Waals surface area (Å²) in [6.07, 6.45) is 1.61. The maximum absolute atomic E-state index is 11.9.